The van der Waals surface area contributed by atoms with Gasteiger partial charge in [0.2, 0.25) is 10.0 Å². The Bertz CT molecular complexity index is 653. The zero-order chi connectivity index (χ0) is 13.9. The lowest BCUT2D eigenvalue weighted by Gasteiger charge is -2.09. The van der Waals surface area contributed by atoms with Crippen LogP contribution in [0.15, 0.2) is 23.1 Å². The first-order chi connectivity index (χ1) is 9.03. The monoisotopic (exact) mass is 283 g/mol. The summed E-state index contributed by atoms with van der Waals surface area (Å²) in [4.78, 5) is 0.0418. The predicted octanol–water partition coefficient (Wildman–Crippen LogP) is -0.698. The zero-order valence-corrected chi connectivity index (χ0v) is 10.9. The van der Waals surface area contributed by atoms with Crippen LogP contribution in [0.2, 0.25) is 0 Å². The van der Waals surface area contributed by atoms with Crippen molar-refractivity contribution in [3.05, 3.63) is 24.0 Å². The summed E-state index contributed by atoms with van der Waals surface area (Å²) in [6.45, 7) is 0.355. The molecule has 1 aromatic carbocycles. The molecule has 5 N–H and O–H groups in total. The van der Waals surface area contributed by atoms with Gasteiger partial charge < -0.3 is 11.1 Å². The number of sulfonamides is 1. The zero-order valence-electron chi connectivity index (χ0n) is 10.1. The number of hydrogen-bond acceptors (Lipinski definition) is 7. The molecule has 0 radical (unpaired) electrons. The molecule has 0 spiro atoms. The number of tetrazole rings is 1. The van der Waals surface area contributed by atoms with E-state index in [0.717, 1.165) is 0 Å². The Morgan fingerprint density at radius 1 is 1.42 bits per heavy atom. The van der Waals surface area contributed by atoms with Crippen molar-refractivity contribution in [2.24, 2.45) is 0 Å². The summed E-state index contributed by atoms with van der Waals surface area (Å²) in [6, 6.07) is 4.57. The third-order valence-electron chi connectivity index (χ3n) is 2.41. The van der Waals surface area contributed by atoms with Crippen LogP contribution in [-0.4, -0.2) is 36.1 Å². The minimum Gasteiger partial charge on any atom is -0.398 e. The average molecular weight is 283 g/mol. The van der Waals surface area contributed by atoms with Crippen LogP contribution in [0.3, 0.4) is 0 Å². The van der Waals surface area contributed by atoms with E-state index in [0.29, 0.717) is 18.1 Å². The molecule has 0 aliphatic rings. The van der Waals surface area contributed by atoms with Gasteiger partial charge in [-0.05, 0) is 25.2 Å². The number of nitrogens with one attached hydrogen (secondary N) is 3. The molecule has 0 aliphatic carbocycles. The first-order valence-electron chi connectivity index (χ1n) is 5.32. The number of aromatic amines is 1. The minimum atomic E-state index is -3.55. The number of hydrogen-bond donors (Lipinski definition) is 4. The van der Waals surface area contributed by atoms with E-state index in [1.54, 1.807) is 6.07 Å². The maximum Gasteiger partial charge on any atom is 0.242 e. The highest BCUT2D eigenvalue weighted by atomic mass is 32.2. The van der Waals surface area contributed by atoms with Gasteiger partial charge >= 0.3 is 0 Å². The van der Waals surface area contributed by atoms with Crippen LogP contribution in [0.5, 0.6) is 0 Å². The molecule has 0 unspecified atom stereocenters. The summed E-state index contributed by atoms with van der Waals surface area (Å²) >= 11 is 0. The lowest BCUT2D eigenvalue weighted by atomic mass is 10.3. The van der Waals surface area contributed by atoms with Gasteiger partial charge in [0.25, 0.3) is 0 Å². The Kier molecular flexibility index (Phi) is 3.62. The highest BCUT2D eigenvalue weighted by Gasteiger charge is 2.15. The van der Waals surface area contributed by atoms with Crippen LogP contribution < -0.4 is 15.8 Å². The van der Waals surface area contributed by atoms with Gasteiger partial charge in [0.1, 0.15) is 4.90 Å². The molecule has 1 heterocycles. The first-order valence-corrected chi connectivity index (χ1v) is 6.80. The molecule has 0 amide bonds. The highest BCUT2D eigenvalue weighted by molar-refractivity contribution is 7.89. The van der Waals surface area contributed by atoms with Gasteiger partial charge in [-0.15, -0.1) is 10.2 Å². The van der Waals surface area contributed by atoms with Crippen molar-refractivity contribution >= 4 is 21.4 Å². The normalized spacial score (nSPS) is 11.4. The Balaban J connectivity index is 2.15. The van der Waals surface area contributed by atoms with Gasteiger partial charge in [-0.25, -0.2) is 13.1 Å². The van der Waals surface area contributed by atoms with Crippen LogP contribution in [0.1, 0.15) is 5.82 Å². The van der Waals surface area contributed by atoms with Crippen molar-refractivity contribution in [1.82, 2.24) is 25.3 Å². The van der Waals surface area contributed by atoms with E-state index in [1.165, 1.54) is 19.2 Å². The summed E-state index contributed by atoms with van der Waals surface area (Å²) in [7, 11) is -2.22. The summed E-state index contributed by atoms with van der Waals surface area (Å²) in [5.74, 6) is 0.491. The fraction of sp³-hybridized carbons (Fsp3) is 0.222. The molecule has 19 heavy (non-hydrogen) atoms. The van der Waals surface area contributed by atoms with Gasteiger partial charge in [-0.3, -0.25) is 0 Å². The molecule has 2 aromatic rings. The number of aromatic nitrogens is 4. The second kappa shape index (κ2) is 5.20. The van der Waals surface area contributed by atoms with Gasteiger partial charge in [0.15, 0.2) is 5.82 Å². The van der Waals surface area contributed by atoms with E-state index in [2.05, 4.69) is 30.7 Å². The number of nitrogens with two attached hydrogens (primary N) is 1. The molecule has 1 aromatic heterocycles. The maximum absolute atomic E-state index is 11.6. The number of nitrogens with zero attached hydrogens (tertiary/aromatic N) is 3. The lowest BCUT2D eigenvalue weighted by molar-refractivity contribution is 0.588. The summed E-state index contributed by atoms with van der Waals surface area (Å²) in [5.41, 5.74) is 6.55. The van der Waals surface area contributed by atoms with Crippen LogP contribution >= 0.6 is 0 Å². The number of rotatable bonds is 5. The molecule has 0 bridgehead atoms. The van der Waals surface area contributed by atoms with Crippen molar-refractivity contribution in [3.63, 3.8) is 0 Å². The van der Waals surface area contributed by atoms with Crippen molar-refractivity contribution in [2.75, 3.05) is 18.1 Å². The fourth-order valence-corrected chi connectivity index (χ4v) is 2.29. The summed E-state index contributed by atoms with van der Waals surface area (Å²) in [6.07, 6.45) is 0. The van der Waals surface area contributed by atoms with E-state index in [9.17, 15) is 8.42 Å². The molecule has 2 rings (SSSR count). The van der Waals surface area contributed by atoms with Crippen LogP contribution in [-0.2, 0) is 16.6 Å². The van der Waals surface area contributed by atoms with Gasteiger partial charge in [0.05, 0.1) is 12.2 Å². The average Bonchev–Trinajstić information content (AvgIpc) is 2.89. The topological polar surface area (TPSA) is 139 Å². The SMILES string of the molecule is CNS(=O)(=O)c1ccc(NCc2nn[nH]n2)cc1N. The van der Waals surface area contributed by atoms with E-state index >= 15 is 0 Å². The Labute approximate surface area is 109 Å². The van der Waals surface area contributed by atoms with Gasteiger partial charge in [0, 0.05) is 5.69 Å². The molecular formula is C9H13N7O2S. The molecule has 0 aliphatic heterocycles. The molecule has 10 heteroatoms. The quantitative estimate of drug-likeness (QED) is 0.532. The van der Waals surface area contributed by atoms with Crippen molar-refractivity contribution in [1.29, 1.82) is 0 Å². The fourth-order valence-electron chi connectivity index (χ4n) is 1.45. The first kappa shape index (κ1) is 13.2. The standard InChI is InChI=1S/C9H13N7O2S/c1-11-19(17,18)8-3-2-6(4-7(8)10)12-5-9-13-15-16-14-9/h2-4,11-12H,5,10H2,1H3,(H,13,14,15,16). The van der Waals surface area contributed by atoms with E-state index in [4.69, 9.17) is 5.73 Å². The molecule has 0 atom stereocenters. The number of H-pyrrole nitrogens is 1. The van der Waals surface area contributed by atoms with Crippen molar-refractivity contribution in [2.45, 2.75) is 11.4 Å². The van der Waals surface area contributed by atoms with Crippen molar-refractivity contribution in [3.8, 4) is 0 Å². The maximum atomic E-state index is 11.6. The summed E-state index contributed by atoms with van der Waals surface area (Å²) < 4.78 is 25.5. The van der Waals surface area contributed by atoms with Crippen LogP contribution in [0, 0.1) is 0 Å². The predicted molar refractivity (Wildman–Crippen MR) is 68.6 cm³/mol. The van der Waals surface area contributed by atoms with E-state index < -0.39 is 10.0 Å². The van der Waals surface area contributed by atoms with Crippen LogP contribution in [0.4, 0.5) is 11.4 Å². The number of nitrogen functional groups attached to an aromatic ring is 1. The van der Waals surface area contributed by atoms with Crippen LogP contribution in [0.25, 0.3) is 0 Å². The molecule has 0 saturated heterocycles. The van der Waals surface area contributed by atoms with E-state index in [1.807, 2.05) is 0 Å². The largest absolute Gasteiger partial charge is 0.398 e. The molecule has 102 valence electrons. The summed E-state index contributed by atoms with van der Waals surface area (Å²) in [5, 5.41) is 16.3. The Hall–Kier alpha value is -2.20. The molecule has 0 saturated carbocycles. The number of anilines is 2. The third-order valence-corrected chi connectivity index (χ3v) is 3.90. The highest BCUT2D eigenvalue weighted by Crippen LogP contribution is 2.22. The third kappa shape index (κ3) is 2.98. The van der Waals surface area contributed by atoms with Gasteiger partial charge in [-0.2, -0.15) is 5.21 Å². The Morgan fingerprint density at radius 3 is 2.79 bits per heavy atom. The molecule has 0 fully saturated rings. The number of benzene rings is 1. The lowest BCUT2D eigenvalue weighted by Crippen LogP contribution is -2.20. The molecule has 9 nitrogen and oxygen atoms in total. The molecular weight excluding hydrogens is 270 g/mol. The second-order valence-electron chi connectivity index (χ2n) is 3.64. The Morgan fingerprint density at radius 2 is 2.21 bits per heavy atom. The second-order valence-corrected chi connectivity index (χ2v) is 5.50. The van der Waals surface area contributed by atoms with Crippen molar-refractivity contribution < 1.29 is 8.42 Å². The van der Waals surface area contributed by atoms with Gasteiger partial charge in [-0.1, -0.05) is 5.21 Å². The smallest absolute Gasteiger partial charge is 0.242 e. The van der Waals surface area contributed by atoms with E-state index in [-0.39, 0.29) is 10.6 Å². The minimum absolute atomic E-state index is 0.0418.